The van der Waals surface area contributed by atoms with Gasteiger partial charge >= 0.3 is 0 Å². The second kappa shape index (κ2) is 3.73. The molecule has 2 fully saturated rings. The molecule has 0 amide bonds. The van der Waals surface area contributed by atoms with Gasteiger partial charge in [-0.3, -0.25) is 0 Å². The third-order valence-corrected chi connectivity index (χ3v) is 2.50. The minimum absolute atomic E-state index is 0.243. The lowest BCUT2D eigenvalue weighted by molar-refractivity contribution is -0.348. The van der Waals surface area contributed by atoms with Crippen LogP contribution in [-0.4, -0.2) is 58.9 Å². The van der Waals surface area contributed by atoms with Crippen LogP contribution in [0.25, 0.3) is 0 Å². The summed E-state index contributed by atoms with van der Waals surface area (Å²) in [6, 6.07) is 0. The van der Waals surface area contributed by atoms with Gasteiger partial charge in [-0.05, 0) is 6.92 Å². The van der Waals surface area contributed by atoms with Crippen LogP contribution in [0, 0.1) is 0 Å². The first-order valence-corrected chi connectivity index (χ1v) is 4.56. The fraction of sp³-hybridized carbons (Fsp3) is 1.00. The lowest BCUT2D eigenvalue weighted by Gasteiger charge is -2.44. The number of aliphatic hydroxyl groups excluding tert-OH is 3. The molecule has 0 unspecified atom stereocenters. The molecule has 0 aliphatic carbocycles. The van der Waals surface area contributed by atoms with Crippen LogP contribution in [-0.2, 0) is 14.2 Å². The molecule has 2 heterocycles. The van der Waals surface area contributed by atoms with E-state index in [1.54, 1.807) is 6.92 Å². The zero-order chi connectivity index (χ0) is 10.3. The third-order valence-electron chi connectivity index (χ3n) is 2.50. The first-order chi connectivity index (χ1) is 6.59. The van der Waals surface area contributed by atoms with E-state index in [0.29, 0.717) is 0 Å². The zero-order valence-electron chi connectivity index (χ0n) is 7.74. The summed E-state index contributed by atoms with van der Waals surface area (Å²) in [6.45, 7) is 1.94. The second-order valence-electron chi connectivity index (χ2n) is 3.55. The van der Waals surface area contributed by atoms with Crippen LogP contribution < -0.4 is 0 Å². The van der Waals surface area contributed by atoms with E-state index in [-0.39, 0.29) is 6.61 Å². The normalized spacial score (nSPS) is 54.0. The van der Waals surface area contributed by atoms with E-state index in [9.17, 15) is 15.3 Å². The Balaban J connectivity index is 2.08. The molecule has 2 aliphatic rings. The second-order valence-corrected chi connectivity index (χ2v) is 3.55. The molecule has 3 N–H and O–H groups in total. The Kier molecular flexibility index (Phi) is 2.74. The summed E-state index contributed by atoms with van der Waals surface area (Å²) in [5.74, 6) is 0. The van der Waals surface area contributed by atoms with Crippen molar-refractivity contribution in [2.24, 2.45) is 0 Å². The highest BCUT2D eigenvalue weighted by molar-refractivity contribution is 4.91. The predicted molar refractivity (Wildman–Crippen MR) is 43.2 cm³/mol. The van der Waals surface area contributed by atoms with Gasteiger partial charge in [-0.15, -0.1) is 0 Å². The summed E-state index contributed by atoms with van der Waals surface area (Å²) in [5.41, 5.74) is 0. The van der Waals surface area contributed by atoms with Gasteiger partial charge in [0, 0.05) is 0 Å². The minimum Gasteiger partial charge on any atom is -0.387 e. The van der Waals surface area contributed by atoms with E-state index < -0.39 is 37.0 Å². The average Bonchev–Trinajstić information content (AvgIpc) is 2.16. The molecule has 0 spiro atoms. The van der Waals surface area contributed by atoms with Gasteiger partial charge in [0.25, 0.3) is 0 Å². The molecule has 14 heavy (non-hydrogen) atoms. The maximum atomic E-state index is 9.59. The Labute approximate surface area is 81.0 Å². The highest BCUT2D eigenvalue weighted by Crippen LogP contribution is 2.27. The number of hydrogen-bond acceptors (Lipinski definition) is 6. The van der Waals surface area contributed by atoms with Crippen molar-refractivity contribution in [1.82, 2.24) is 0 Å². The number of rotatable bonds is 0. The predicted octanol–water partition coefficient (Wildman–Crippen LogP) is -1.81. The van der Waals surface area contributed by atoms with Crippen molar-refractivity contribution < 1.29 is 29.5 Å². The Hall–Kier alpha value is -0.240. The van der Waals surface area contributed by atoms with Crippen molar-refractivity contribution in [3.05, 3.63) is 0 Å². The molecule has 82 valence electrons. The van der Waals surface area contributed by atoms with Crippen LogP contribution >= 0.6 is 0 Å². The first kappa shape index (κ1) is 10.3. The number of aliphatic hydroxyl groups is 3. The first-order valence-electron chi connectivity index (χ1n) is 4.56. The lowest BCUT2D eigenvalue weighted by atomic mass is 9.98. The molecular formula is C8H14O6. The highest BCUT2D eigenvalue weighted by Gasteiger charge is 2.47. The van der Waals surface area contributed by atoms with Crippen molar-refractivity contribution in [1.29, 1.82) is 0 Å². The molecule has 6 atom stereocenters. The Morgan fingerprint density at radius 2 is 1.79 bits per heavy atom. The van der Waals surface area contributed by atoms with Crippen LogP contribution in [0.3, 0.4) is 0 Å². The van der Waals surface area contributed by atoms with Crippen LogP contribution in [0.4, 0.5) is 0 Å². The fourth-order valence-electron chi connectivity index (χ4n) is 1.71. The van der Waals surface area contributed by atoms with Crippen LogP contribution in [0.15, 0.2) is 0 Å². The highest BCUT2D eigenvalue weighted by atomic mass is 16.7. The van der Waals surface area contributed by atoms with Crippen molar-refractivity contribution in [3.8, 4) is 0 Å². The Morgan fingerprint density at radius 1 is 1.07 bits per heavy atom. The monoisotopic (exact) mass is 206 g/mol. The molecule has 2 saturated heterocycles. The van der Waals surface area contributed by atoms with Gasteiger partial charge in [-0.25, -0.2) is 0 Å². The van der Waals surface area contributed by atoms with Crippen LogP contribution in [0.5, 0.6) is 0 Å². The van der Waals surface area contributed by atoms with E-state index in [1.165, 1.54) is 0 Å². The minimum atomic E-state index is -1.38. The Bertz CT molecular complexity index is 208. The fourth-order valence-corrected chi connectivity index (χ4v) is 1.71. The summed E-state index contributed by atoms with van der Waals surface area (Å²) in [6.07, 6.45) is -5.46. The molecule has 0 saturated carbocycles. The largest absolute Gasteiger partial charge is 0.387 e. The van der Waals surface area contributed by atoms with E-state index in [1.807, 2.05) is 0 Å². The van der Waals surface area contributed by atoms with E-state index in [2.05, 4.69) is 0 Å². The SMILES string of the molecule is C[C@@H]1OC[C@@H]2O[C@H](O)[C@H](O)[C@H](O)[C@H]2O1. The average molecular weight is 206 g/mol. The van der Waals surface area contributed by atoms with Gasteiger partial charge in [0.1, 0.15) is 24.4 Å². The van der Waals surface area contributed by atoms with Crippen molar-refractivity contribution in [2.75, 3.05) is 6.61 Å². The summed E-state index contributed by atoms with van der Waals surface area (Å²) < 4.78 is 15.4. The molecule has 0 aromatic carbocycles. The molecule has 0 aromatic heterocycles. The van der Waals surface area contributed by atoms with E-state index in [4.69, 9.17) is 14.2 Å². The van der Waals surface area contributed by atoms with Gasteiger partial charge in [0.15, 0.2) is 12.6 Å². The summed E-state index contributed by atoms with van der Waals surface area (Å²) in [5, 5.41) is 28.1. The molecule has 2 rings (SSSR count). The molecule has 6 heteroatoms. The van der Waals surface area contributed by atoms with Crippen molar-refractivity contribution in [2.45, 2.75) is 43.9 Å². The summed E-state index contributed by atoms with van der Waals surface area (Å²) in [7, 11) is 0. The van der Waals surface area contributed by atoms with Gasteiger partial charge in [-0.2, -0.15) is 0 Å². The standard InChI is InChI=1S/C8H14O6/c1-3-12-2-4-7(13-3)5(9)6(10)8(11)14-4/h3-11H,2H2,1H3/t3-,4+,5+,6-,7+,8+/m1/s1. The molecule has 6 nitrogen and oxygen atoms in total. The van der Waals surface area contributed by atoms with Crippen molar-refractivity contribution >= 4 is 0 Å². The number of fused-ring (bicyclic) bond motifs is 1. The molecular weight excluding hydrogens is 192 g/mol. The molecule has 2 aliphatic heterocycles. The number of hydrogen-bond donors (Lipinski definition) is 3. The maximum Gasteiger partial charge on any atom is 0.184 e. The summed E-state index contributed by atoms with van der Waals surface area (Å²) >= 11 is 0. The van der Waals surface area contributed by atoms with Gasteiger partial charge in [0.2, 0.25) is 0 Å². The third kappa shape index (κ3) is 1.65. The molecule has 0 bridgehead atoms. The van der Waals surface area contributed by atoms with Crippen LogP contribution in [0.2, 0.25) is 0 Å². The Morgan fingerprint density at radius 3 is 2.50 bits per heavy atom. The smallest absolute Gasteiger partial charge is 0.184 e. The molecule has 0 aromatic rings. The molecule has 0 radical (unpaired) electrons. The quantitative estimate of drug-likeness (QED) is 0.433. The topological polar surface area (TPSA) is 88.4 Å². The van der Waals surface area contributed by atoms with Gasteiger partial charge < -0.3 is 29.5 Å². The van der Waals surface area contributed by atoms with Gasteiger partial charge in [-0.1, -0.05) is 0 Å². The van der Waals surface area contributed by atoms with Crippen LogP contribution in [0.1, 0.15) is 6.92 Å². The van der Waals surface area contributed by atoms with Crippen molar-refractivity contribution in [3.63, 3.8) is 0 Å². The van der Waals surface area contributed by atoms with E-state index in [0.717, 1.165) is 0 Å². The van der Waals surface area contributed by atoms with E-state index >= 15 is 0 Å². The lowest BCUT2D eigenvalue weighted by Crippen LogP contribution is -2.62. The zero-order valence-corrected chi connectivity index (χ0v) is 7.74. The number of ether oxygens (including phenoxy) is 3. The maximum absolute atomic E-state index is 9.59. The van der Waals surface area contributed by atoms with Gasteiger partial charge in [0.05, 0.1) is 6.61 Å². The summed E-state index contributed by atoms with van der Waals surface area (Å²) in [4.78, 5) is 0.